The number of carbonyl (C=O) groups is 2. The maximum absolute atomic E-state index is 11.5. The monoisotopic (exact) mass is 266 g/mol. The molecule has 2 atom stereocenters. The van der Waals surface area contributed by atoms with Crippen molar-refractivity contribution in [2.24, 2.45) is 5.92 Å². The second-order valence-corrected chi connectivity index (χ2v) is 4.26. The highest BCUT2D eigenvalue weighted by Gasteiger charge is 2.18. The fraction of sp³-hybridized carbons (Fsp3) is 0.429. The fourth-order valence-corrected chi connectivity index (χ4v) is 1.53. The lowest BCUT2D eigenvalue weighted by Crippen LogP contribution is -2.19. The van der Waals surface area contributed by atoms with Crippen LogP contribution >= 0.6 is 0 Å². The van der Waals surface area contributed by atoms with Crippen LogP contribution in [0.5, 0.6) is 0 Å². The third kappa shape index (κ3) is 5.09. The van der Waals surface area contributed by atoms with Gasteiger partial charge < -0.3 is 14.6 Å². The number of hydrogen-bond acceptors (Lipinski definition) is 4. The van der Waals surface area contributed by atoms with Gasteiger partial charge in [-0.05, 0) is 5.56 Å². The molecule has 5 heteroatoms. The van der Waals surface area contributed by atoms with Crippen LogP contribution in [0.4, 0.5) is 0 Å². The highest BCUT2D eigenvalue weighted by molar-refractivity contribution is 5.78. The first-order valence-corrected chi connectivity index (χ1v) is 6.00. The lowest BCUT2D eigenvalue weighted by molar-refractivity contribution is -0.153. The van der Waals surface area contributed by atoms with E-state index < -0.39 is 17.9 Å². The predicted molar refractivity (Wildman–Crippen MR) is 68.6 cm³/mol. The van der Waals surface area contributed by atoms with Crippen LogP contribution in [0, 0.1) is 5.92 Å². The van der Waals surface area contributed by atoms with Gasteiger partial charge in [-0.25, -0.2) is 0 Å². The van der Waals surface area contributed by atoms with Gasteiger partial charge in [-0.2, -0.15) is 0 Å². The Morgan fingerprint density at radius 2 is 1.89 bits per heavy atom. The molecule has 0 radical (unpaired) electrons. The van der Waals surface area contributed by atoms with Crippen molar-refractivity contribution >= 4 is 11.9 Å². The molecule has 0 heterocycles. The van der Waals surface area contributed by atoms with E-state index in [0.717, 1.165) is 5.56 Å². The van der Waals surface area contributed by atoms with Gasteiger partial charge in [0.25, 0.3) is 0 Å². The van der Waals surface area contributed by atoms with Gasteiger partial charge in [-0.3, -0.25) is 9.59 Å². The van der Waals surface area contributed by atoms with Crippen LogP contribution in [0.2, 0.25) is 0 Å². The van der Waals surface area contributed by atoms with Crippen molar-refractivity contribution in [3.63, 3.8) is 0 Å². The molecule has 0 amide bonds. The standard InChI is InChI=1S/C14H18O5/c1-10(14(16)17)8-13(15)19-9-12(18-2)11-6-4-3-5-7-11/h3-7,10,12H,8-9H2,1-2H3,(H,16,17). The van der Waals surface area contributed by atoms with Gasteiger partial charge in [0.05, 0.1) is 12.3 Å². The Morgan fingerprint density at radius 1 is 1.26 bits per heavy atom. The molecule has 2 unspecified atom stereocenters. The molecule has 104 valence electrons. The molecular formula is C14H18O5. The van der Waals surface area contributed by atoms with Gasteiger partial charge in [0.15, 0.2) is 0 Å². The SMILES string of the molecule is COC(COC(=O)CC(C)C(=O)O)c1ccccc1. The summed E-state index contributed by atoms with van der Waals surface area (Å²) in [4.78, 5) is 22.1. The number of esters is 1. The van der Waals surface area contributed by atoms with Crippen LogP contribution in [0.15, 0.2) is 30.3 Å². The second-order valence-electron chi connectivity index (χ2n) is 4.26. The average Bonchev–Trinajstić information content (AvgIpc) is 2.40. The summed E-state index contributed by atoms with van der Waals surface area (Å²) < 4.78 is 10.3. The highest BCUT2D eigenvalue weighted by atomic mass is 16.6. The number of carboxylic acids is 1. The summed E-state index contributed by atoms with van der Waals surface area (Å²) in [5.41, 5.74) is 0.907. The summed E-state index contributed by atoms with van der Waals surface area (Å²) in [6.07, 6.45) is -0.481. The van der Waals surface area contributed by atoms with Crippen molar-refractivity contribution < 1.29 is 24.2 Å². The van der Waals surface area contributed by atoms with E-state index in [1.807, 2.05) is 30.3 Å². The van der Waals surface area contributed by atoms with Gasteiger partial charge >= 0.3 is 11.9 Å². The molecule has 0 aliphatic rings. The first kappa shape index (κ1) is 15.2. The van der Waals surface area contributed by atoms with Crippen molar-refractivity contribution in [1.82, 2.24) is 0 Å². The van der Waals surface area contributed by atoms with Gasteiger partial charge in [0.2, 0.25) is 0 Å². The highest BCUT2D eigenvalue weighted by Crippen LogP contribution is 2.17. The molecule has 0 aromatic heterocycles. The minimum atomic E-state index is -1.01. The quantitative estimate of drug-likeness (QED) is 0.764. The Morgan fingerprint density at radius 3 is 2.42 bits per heavy atom. The number of carboxylic acid groups (broad SMARTS) is 1. The summed E-state index contributed by atoms with van der Waals surface area (Å²) in [6, 6.07) is 9.38. The average molecular weight is 266 g/mol. The summed E-state index contributed by atoms with van der Waals surface area (Å²) in [5.74, 6) is -2.29. The molecule has 0 fully saturated rings. The van der Waals surface area contributed by atoms with Crippen LogP contribution in [-0.2, 0) is 19.1 Å². The number of carbonyl (C=O) groups excluding carboxylic acids is 1. The molecular weight excluding hydrogens is 248 g/mol. The minimum Gasteiger partial charge on any atom is -0.481 e. The molecule has 1 aromatic carbocycles. The number of rotatable bonds is 7. The zero-order valence-electron chi connectivity index (χ0n) is 11.0. The molecule has 0 saturated carbocycles. The number of ether oxygens (including phenoxy) is 2. The van der Waals surface area contributed by atoms with Gasteiger partial charge in [0, 0.05) is 7.11 Å². The molecule has 1 rings (SSSR count). The van der Waals surface area contributed by atoms with E-state index in [2.05, 4.69) is 0 Å². The topological polar surface area (TPSA) is 72.8 Å². The predicted octanol–water partition coefficient (Wildman–Crippen LogP) is 2.03. The molecule has 19 heavy (non-hydrogen) atoms. The minimum absolute atomic E-state index is 0.0751. The zero-order valence-corrected chi connectivity index (χ0v) is 11.0. The van der Waals surface area contributed by atoms with Crippen LogP contribution in [0.25, 0.3) is 0 Å². The summed E-state index contributed by atoms with van der Waals surface area (Å²) in [5, 5.41) is 8.70. The largest absolute Gasteiger partial charge is 0.481 e. The third-order valence-electron chi connectivity index (χ3n) is 2.75. The molecule has 5 nitrogen and oxygen atoms in total. The van der Waals surface area contributed by atoms with Crippen LogP contribution in [0.1, 0.15) is 25.0 Å². The Kier molecular flexibility index (Phi) is 6.02. The number of methoxy groups -OCH3 is 1. The first-order valence-electron chi connectivity index (χ1n) is 6.00. The summed E-state index contributed by atoms with van der Waals surface area (Å²) >= 11 is 0. The number of benzene rings is 1. The lowest BCUT2D eigenvalue weighted by atomic mass is 10.1. The molecule has 0 saturated heterocycles. The maximum atomic E-state index is 11.5. The van der Waals surface area contributed by atoms with E-state index in [1.54, 1.807) is 0 Å². The normalized spacial score (nSPS) is 13.6. The van der Waals surface area contributed by atoms with E-state index >= 15 is 0 Å². The first-order chi connectivity index (χ1) is 9.04. The van der Waals surface area contributed by atoms with Crippen molar-refractivity contribution in [1.29, 1.82) is 0 Å². The van der Waals surface area contributed by atoms with Crippen LogP contribution in [0.3, 0.4) is 0 Å². The van der Waals surface area contributed by atoms with E-state index in [0.29, 0.717) is 0 Å². The van der Waals surface area contributed by atoms with Crippen LogP contribution < -0.4 is 0 Å². The van der Waals surface area contributed by atoms with Crippen LogP contribution in [-0.4, -0.2) is 30.8 Å². The molecule has 0 aliphatic carbocycles. The van der Waals surface area contributed by atoms with Crippen molar-refractivity contribution in [2.45, 2.75) is 19.4 Å². The zero-order chi connectivity index (χ0) is 14.3. The Hall–Kier alpha value is -1.88. The summed E-state index contributed by atoms with van der Waals surface area (Å²) in [7, 11) is 1.53. The smallest absolute Gasteiger partial charge is 0.306 e. The van der Waals surface area contributed by atoms with E-state index in [4.69, 9.17) is 14.6 Å². The number of aliphatic carboxylic acids is 1. The number of hydrogen-bond donors (Lipinski definition) is 1. The van der Waals surface area contributed by atoms with Crippen molar-refractivity contribution in [3.05, 3.63) is 35.9 Å². The Balaban J connectivity index is 2.46. The fourth-order valence-electron chi connectivity index (χ4n) is 1.53. The van der Waals surface area contributed by atoms with Gasteiger partial charge in [-0.15, -0.1) is 0 Å². The van der Waals surface area contributed by atoms with Gasteiger partial charge in [-0.1, -0.05) is 37.3 Å². The third-order valence-corrected chi connectivity index (χ3v) is 2.75. The van der Waals surface area contributed by atoms with E-state index in [1.165, 1.54) is 14.0 Å². The van der Waals surface area contributed by atoms with Gasteiger partial charge in [0.1, 0.15) is 12.7 Å². The molecule has 1 aromatic rings. The second kappa shape index (κ2) is 7.53. The summed E-state index contributed by atoms with van der Waals surface area (Å²) in [6.45, 7) is 1.54. The Bertz CT molecular complexity index is 415. The maximum Gasteiger partial charge on any atom is 0.306 e. The molecule has 1 N–H and O–H groups in total. The van der Waals surface area contributed by atoms with Crippen molar-refractivity contribution in [3.8, 4) is 0 Å². The molecule has 0 spiro atoms. The van der Waals surface area contributed by atoms with E-state index in [9.17, 15) is 9.59 Å². The molecule has 0 aliphatic heterocycles. The van der Waals surface area contributed by atoms with Crippen molar-refractivity contribution in [2.75, 3.05) is 13.7 Å². The Labute approximate surface area is 112 Å². The van der Waals surface area contributed by atoms with E-state index in [-0.39, 0.29) is 19.1 Å². The lowest BCUT2D eigenvalue weighted by Gasteiger charge is -2.16. The molecule has 0 bridgehead atoms.